The largest absolute Gasteiger partial charge is 0.479 e. The minimum absolute atomic E-state index is 0.109. The zero-order valence-corrected chi connectivity index (χ0v) is 12.0. The Hall–Kier alpha value is -2.08. The lowest BCUT2D eigenvalue weighted by molar-refractivity contribution is -0.144. The van der Waals surface area contributed by atoms with E-state index in [0.29, 0.717) is 12.1 Å². The summed E-state index contributed by atoms with van der Waals surface area (Å²) in [6.45, 7) is 1.89. The van der Waals surface area contributed by atoms with Gasteiger partial charge in [-0.1, -0.05) is 30.3 Å². The van der Waals surface area contributed by atoms with Crippen molar-refractivity contribution in [3.63, 3.8) is 0 Å². The molecule has 114 valence electrons. The van der Waals surface area contributed by atoms with Crippen LogP contribution in [0.3, 0.4) is 0 Å². The Bertz CT molecular complexity index is 520. The number of nitrogens with one attached hydrogen (secondary N) is 1. The second-order valence-corrected chi connectivity index (χ2v) is 5.40. The first-order valence-electron chi connectivity index (χ1n) is 6.97. The number of aliphatic hydroxyl groups excluding tert-OH is 1. The van der Waals surface area contributed by atoms with Crippen molar-refractivity contribution >= 4 is 12.0 Å². The molecule has 1 fully saturated rings. The number of benzene rings is 1. The Morgan fingerprint density at radius 3 is 2.62 bits per heavy atom. The van der Waals surface area contributed by atoms with E-state index < -0.39 is 17.5 Å². The van der Waals surface area contributed by atoms with Crippen LogP contribution in [0.2, 0.25) is 0 Å². The molecule has 1 heterocycles. The molecule has 6 nitrogen and oxygen atoms in total. The van der Waals surface area contributed by atoms with Crippen LogP contribution >= 0.6 is 0 Å². The molecule has 2 rings (SSSR count). The van der Waals surface area contributed by atoms with E-state index in [4.69, 9.17) is 0 Å². The molecule has 1 aromatic carbocycles. The standard InChI is InChI=1S/C15H20N2O4/c1-15(13(19)20,11-6-3-2-4-7-11)16-14(21)17-9-5-8-12(17)10-18/h2-4,6-7,12,18H,5,8-10H2,1H3,(H,16,21)(H,19,20). The van der Waals surface area contributed by atoms with Gasteiger partial charge in [-0.05, 0) is 25.3 Å². The van der Waals surface area contributed by atoms with Crippen LogP contribution < -0.4 is 5.32 Å². The summed E-state index contributed by atoms with van der Waals surface area (Å²) in [5.74, 6) is -1.12. The van der Waals surface area contributed by atoms with Gasteiger partial charge in [-0.2, -0.15) is 0 Å². The van der Waals surface area contributed by atoms with Crippen molar-refractivity contribution < 1.29 is 19.8 Å². The number of aliphatic carboxylic acids is 1. The molecule has 1 saturated heterocycles. The van der Waals surface area contributed by atoms with Gasteiger partial charge in [-0.3, -0.25) is 0 Å². The van der Waals surface area contributed by atoms with Gasteiger partial charge in [0.15, 0.2) is 5.54 Å². The van der Waals surface area contributed by atoms with Crippen molar-refractivity contribution in [1.82, 2.24) is 10.2 Å². The van der Waals surface area contributed by atoms with Crippen LogP contribution in [0.4, 0.5) is 4.79 Å². The molecule has 2 unspecified atom stereocenters. The second kappa shape index (κ2) is 6.13. The topological polar surface area (TPSA) is 89.9 Å². The average Bonchev–Trinajstić information content (AvgIpc) is 2.96. The number of carbonyl (C=O) groups is 2. The van der Waals surface area contributed by atoms with Crippen molar-refractivity contribution in [3.8, 4) is 0 Å². The fourth-order valence-electron chi connectivity index (χ4n) is 2.60. The number of amides is 2. The quantitative estimate of drug-likeness (QED) is 0.776. The molecule has 1 aromatic rings. The van der Waals surface area contributed by atoms with E-state index in [2.05, 4.69) is 5.32 Å². The number of nitrogens with zero attached hydrogens (tertiary/aromatic N) is 1. The fraction of sp³-hybridized carbons (Fsp3) is 0.467. The molecule has 2 atom stereocenters. The van der Waals surface area contributed by atoms with Gasteiger partial charge >= 0.3 is 12.0 Å². The summed E-state index contributed by atoms with van der Waals surface area (Å²) in [6.07, 6.45) is 1.55. The summed E-state index contributed by atoms with van der Waals surface area (Å²) in [5.41, 5.74) is -0.994. The number of carboxylic acid groups (broad SMARTS) is 1. The zero-order valence-electron chi connectivity index (χ0n) is 12.0. The second-order valence-electron chi connectivity index (χ2n) is 5.40. The Balaban J connectivity index is 2.21. The predicted octanol–water partition coefficient (Wildman–Crippen LogP) is 1.15. The third-order valence-electron chi connectivity index (χ3n) is 3.98. The molecular formula is C15H20N2O4. The first-order chi connectivity index (χ1) is 9.99. The Labute approximate surface area is 123 Å². The summed E-state index contributed by atoms with van der Waals surface area (Å²) >= 11 is 0. The molecule has 3 N–H and O–H groups in total. The average molecular weight is 292 g/mol. The summed E-state index contributed by atoms with van der Waals surface area (Å²) in [7, 11) is 0. The van der Waals surface area contributed by atoms with Crippen LogP contribution in [-0.4, -0.2) is 46.3 Å². The van der Waals surface area contributed by atoms with Crippen molar-refractivity contribution in [1.29, 1.82) is 0 Å². The van der Waals surface area contributed by atoms with Crippen LogP contribution in [0.5, 0.6) is 0 Å². The smallest absolute Gasteiger partial charge is 0.333 e. The highest BCUT2D eigenvalue weighted by atomic mass is 16.4. The highest BCUT2D eigenvalue weighted by Gasteiger charge is 2.39. The van der Waals surface area contributed by atoms with E-state index in [1.165, 1.54) is 11.8 Å². The van der Waals surface area contributed by atoms with Gasteiger partial charge in [0.05, 0.1) is 12.6 Å². The van der Waals surface area contributed by atoms with Crippen LogP contribution in [0.1, 0.15) is 25.3 Å². The first kappa shape index (κ1) is 15.3. The van der Waals surface area contributed by atoms with Gasteiger partial charge in [-0.15, -0.1) is 0 Å². The summed E-state index contributed by atoms with van der Waals surface area (Å²) < 4.78 is 0. The van der Waals surface area contributed by atoms with Crippen LogP contribution in [0.15, 0.2) is 30.3 Å². The van der Waals surface area contributed by atoms with Crippen molar-refractivity contribution in [3.05, 3.63) is 35.9 Å². The molecule has 2 amide bonds. The van der Waals surface area contributed by atoms with Crippen molar-refractivity contribution in [2.24, 2.45) is 0 Å². The number of urea groups is 1. The maximum absolute atomic E-state index is 12.3. The molecular weight excluding hydrogens is 272 g/mol. The summed E-state index contributed by atoms with van der Waals surface area (Å²) in [5, 5.41) is 21.4. The van der Waals surface area contributed by atoms with Gasteiger partial charge in [0.1, 0.15) is 0 Å². The number of hydrogen-bond acceptors (Lipinski definition) is 3. The van der Waals surface area contributed by atoms with Crippen LogP contribution in [0, 0.1) is 0 Å². The number of carboxylic acids is 1. The molecule has 0 aromatic heterocycles. The molecule has 0 bridgehead atoms. The Morgan fingerprint density at radius 1 is 1.38 bits per heavy atom. The highest BCUT2D eigenvalue weighted by Crippen LogP contribution is 2.23. The van der Waals surface area contributed by atoms with Crippen molar-refractivity contribution in [2.75, 3.05) is 13.2 Å². The summed E-state index contributed by atoms with van der Waals surface area (Å²) in [4.78, 5) is 25.5. The molecule has 0 saturated carbocycles. The number of aliphatic hydroxyl groups is 1. The number of likely N-dealkylation sites (tertiary alicyclic amines) is 1. The van der Waals surface area contributed by atoms with Gasteiger partial charge in [0.25, 0.3) is 0 Å². The molecule has 6 heteroatoms. The van der Waals surface area contributed by atoms with Gasteiger partial charge in [-0.25, -0.2) is 9.59 Å². The first-order valence-corrected chi connectivity index (χ1v) is 6.97. The van der Waals surface area contributed by atoms with Gasteiger partial charge in [0.2, 0.25) is 0 Å². The van der Waals surface area contributed by atoms with E-state index in [1.54, 1.807) is 30.3 Å². The molecule has 1 aliphatic rings. The van der Waals surface area contributed by atoms with Crippen molar-refractivity contribution in [2.45, 2.75) is 31.3 Å². The third-order valence-corrected chi connectivity index (χ3v) is 3.98. The molecule has 0 spiro atoms. The van der Waals surface area contributed by atoms with E-state index in [0.717, 1.165) is 12.8 Å². The van der Waals surface area contributed by atoms with E-state index in [9.17, 15) is 19.8 Å². The lowest BCUT2D eigenvalue weighted by Gasteiger charge is -2.31. The SMILES string of the molecule is CC(NC(=O)N1CCCC1CO)(C(=O)O)c1ccccc1. The third kappa shape index (κ3) is 3.00. The molecule has 1 aliphatic heterocycles. The van der Waals surface area contributed by atoms with Gasteiger partial charge in [0, 0.05) is 6.54 Å². The maximum atomic E-state index is 12.3. The summed E-state index contributed by atoms with van der Waals surface area (Å²) in [6, 6.07) is 7.89. The molecule has 0 radical (unpaired) electrons. The van der Waals surface area contributed by atoms with E-state index in [1.807, 2.05) is 0 Å². The van der Waals surface area contributed by atoms with Gasteiger partial charge < -0.3 is 20.4 Å². The maximum Gasteiger partial charge on any atom is 0.333 e. The zero-order chi connectivity index (χ0) is 15.5. The number of hydrogen-bond donors (Lipinski definition) is 3. The monoisotopic (exact) mass is 292 g/mol. The lowest BCUT2D eigenvalue weighted by atomic mass is 9.92. The Morgan fingerprint density at radius 2 is 2.05 bits per heavy atom. The minimum atomic E-state index is -1.50. The predicted molar refractivity (Wildman–Crippen MR) is 76.8 cm³/mol. The van der Waals surface area contributed by atoms with Crippen LogP contribution in [-0.2, 0) is 10.3 Å². The van der Waals surface area contributed by atoms with E-state index >= 15 is 0 Å². The normalized spacial score (nSPS) is 20.9. The van der Waals surface area contributed by atoms with E-state index in [-0.39, 0.29) is 12.6 Å². The van der Waals surface area contributed by atoms with Crippen LogP contribution in [0.25, 0.3) is 0 Å². The number of carbonyl (C=O) groups excluding carboxylic acids is 1. The molecule has 0 aliphatic carbocycles. The lowest BCUT2D eigenvalue weighted by Crippen LogP contribution is -2.55. The fourth-order valence-corrected chi connectivity index (χ4v) is 2.60. The minimum Gasteiger partial charge on any atom is -0.479 e. The number of rotatable bonds is 4. The molecule has 21 heavy (non-hydrogen) atoms. The Kier molecular flexibility index (Phi) is 4.47. The highest BCUT2D eigenvalue weighted by molar-refractivity contribution is 5.87.